The van der Waals surface area contributed by atoms with Gasteiger partial charge in [-0.05, 0) is 38.3 Å². The van der Waals surface area contributed by atoms with Gasteiger partial charge in [0, 0.05) is 12.2 Å². The van der Waals surface area contributed by atoms with E-state index in [1.807, 2.05) is 32.9 Å². The quantitative estimate of drug-likeness (QED) is 0.849. The molecule has 3 heteroatoms. The fraction of sp³-hybridized carbons (Fsp3) is 0.500. The summed E-state index contributed by atoms with van der Waals surface area (Å²) in [4.78, 5) is 12.2. The van der Waals surface area contributed by atoms with Crippen LogP contribution in [0.25, 0.3) is 0 Å². The second-order valence-electron chi connectivity index (χ2n) is 4.81. The first kappa shape index (κ1) is 12.1. The Morgan fingerprint density at radius 1 is 1.29 bits per heavy atom. The van der Waals surface area contributed by atoms with Crippen LogP contribution >= 0.6 is 0 Å². The van der Waals surface area contributed by atoms with Crippen molar-refractivity contribution in [2.24, 2.45) is 0 Å². The minimum absolute atomic E-state index is 0.0236. The Kier molecular flexibility index (Phi) is 3.48. The highest BCUT2D eigenvalue weighted by Crippen LogP contribution is 2.17. The van der Waals surface area contributed by atoms with Gasteiger partial charge in [0.15, 0.2) is 0 Å². The van der Waals surface area contributed by atoms with Gasteiger partial charge in [-0.25, -0.2) is 0 Å². The second-order valence-corrected chi connectivity index (χ2v) is 4.81. The molecular weight excluding hydrogens is 214 g/mol. The first-order chi connectivity index (χ1) is 8.08. The number of ether oxygens (including phenoxy) is 1. The number of amides is 1. The van der Waals surface area contributed by atoms with Gasteiger partial charge in [-0.2, -0.15) is 0 Å². The lowest BCUT2D eigenvalue weighted by molar-refractivity contribution is 0.0928. The Morgan fingerprint density at radius 3 is 2.47 bits per heavy atom. The van der Waals surface area contributed by atoms with E-state index in [0.717, 1.165) is 29.7 Å². The molecule has 1 saturated heterocycles. The summed E-state index contributed by atoms with van der Waals surface area (Å²) in [5.41, 5.74) is 4.08. The minimum atomic E-state index is 0.0236. The summed E-state index contributed by atoms with van der Waals surface area (Å²) < 4.78 is 5.26. The molecule has 0 spiro atoms. The maximum absolute atomic E-state index is 12.2. The molecule has 0 saturated carbocycles. The van der Waals surface area contributed by atoms with E-state index in [4.69, 9.17) is 4.74 Å². The van der Waals surface area contributed by atoms with Crippen LogP contribution in [0.15, 0.2) is 12.1 Å². The minimum Gasteiger partial charge on any atom is -0.379 e. The van der Waals surface area contributed by atoms with Crippen molar-refractivity contribution in [1.82, 2.24) is 5.32 Å². The van der Waals surface area contributed by atoms with Crippen molar-refractivity contribution in [2.45, 2.75) is 33.2 Å². The summed E-state index contributed by atoms with van der Waals surface area (Å²) in [6, 6.07) is 4.27. The maximum Gasteiger partial charge on any atom is 0.252 e. The Bertz CT molecular complexity index is 411. The molecule has 1 aromatic carbocycles. The van der Waals surface area contributed by atoms with E-state index in [2.05, 4.69) is 5.32 Å². The number of benzene rings is 1. The summed E-state index contributed by atoms with van der Waals surface area (Å²) in [6.07, 6.45) is 0.912. The predicted octanol–water partition coefficient (Wildman–Crippen LogP) is 2.13. The van der Waals surface area contributed by atoms with Crippen molar-refractivity contribution in [3.05, 3.63) is 34.4 Å². The summed E-state index contributed by atoms with van der Waals surface area (Å²) in [5.74, 6) is 0.0236. The Hall–Kier alpha value is -1.35. The molecule has 2 rings (SSSR count). The maximum atomic E-state index is 12.2. The van der Waals surface area contributed by atoms with Gasteiger partial charge in [-0.1, -0.05) is 17.7 Å². The number of aryl methyl sites for hydroxylation is 3. The summed E-state index contributed by atoms with van der Waals surface area (Å²) in [5, 5.41) is 3.03. The van der Waals surface area contributed by atoms with Crippen LogP contribution < -0.4 is 5.32 Å². The third-order valence-corrected chi connectivity index (χ3v) is 3.17. The van der Waals surface area contributed by atoms with Crippen molar-refractivity contribution >= 4 is 5.91 Å². The second kappa shape index (κ2) is 4.88. The lowest BCUT2D eigenvalue weighted by atomic mass is 9.99. The highest BCUT2D eigenvalue weighted by Gasteiger charge is 2.20. The molecule has 92 valence electrons. The molecule has 0 aliphatic carbocycles. The predicted molar refractivity (Wildman–Crippen MR) is 67.3 cm³/mol. The van der Waals surface area contributed by atoms with Gasteiger partial charge in [0.05, 0.1) is 12.6 Å². The van der Waals surface area contributed by atoms with E-state index in [-0.39, 0.29) is 11.9 Å². The molecule has 1 unspecified atom stereocenters. The number of nitrogens with one attached hydrogen (secondary N) is 1. The number of rotatable bonds is 2. The molecule has 1 heterocycles. The number of hydrogen-bond donors (Lipinski definition) is 1. The molecule has 0 radical (unpaired) electrons. The van der Waals surface area contributed by atoms with Gasteiger partial charge in [0.2, 0.25) is 0 Å². The van der Waals surface area contributed by atoms with Crippen LogP contribution in [0.5, 0.6) is 0 Å². The molecule has 1 fully saturated rings. The molecule has 1 aromatic rings. The van der Waals surface area contributed by atoms with E-state index >= 15 is 0 Å². The highest BCUT2D eigenvalue weighted by molar-refractivity contribution is 5.97. The largest absolute Gasteiger partial charge is 0.379 e. The molecule has 17 heavy (non-hydrogen) atoms. The molecule has 1 N–H and O–H groups in total. The van der Waals surface area contributed by atoms with E-state index < -0.39 is 0 Å². The SMILES string of the molecule is Cc1cc(C)c(C(=O)NC2CCOC2)c(C)c1. The molecule has 3 nitrogen and oxygen atoms in total. The average Bonchev–Trinajstić information content (AvgIpc) is 2.68. The Balaban J connectivity index is 2.18. The van der Waals surface area contributed by atoms with E-state index in [9.17, 15) is 4.79 Å². The fourth-order valence-electron chi connectivity index (χ4n) is 2.44. The zero-order valence-corrected chi connectivity index (χ0v) is 10.7. The van der Waals surface area contributed by atoms with Gasteiger partial charge in [-0.3, -0.25) is 4.79 Å². The van der Waals surface area contributed by atoms with E-state index in [1.165, 1.54) is 5.56 Å². The number of carbonyl (C=O) groups excluding carboxylic acids is 1. The van der Waals surface area contributed by atoms with Crippen LogP contribution in [-0.4, -0.2) is 25.2 Å². The van der Waals surface area contributed by atoms with Crippen molar-refractivity contribution in [3.8, 4) is 0 Å². The zero-order chi connectivity index (χ0) is 12.4. The van der Waals surface area contributed by atoms with Crippen LogP contribution in [0.4, 0.5) is 0 Å². The standard InChI is InChI=1S/C14H19NO2/c1-9-6-10(2)13(11(3)7-9)14(16)15-12-4-5-17-8-12/h6-7,12H,4-5,8H2,1-3H3,(H,15,16). The van der Waals surface area contributed by atoms with Gasteiger partial charge in [0.25, 0.3) is 5.91 Å². The molecular formula is C14H19NO2. The zero-order valence-electron chi connectivity index (χ0n) is 10.7. The fourth-order valence-corrected chi connectivity index (χ4v) is 2.44. The van der Waals surface area contributed by atoms with E-state index in [0.29, 0.717) is 6.61 Å². The van der Waals surface area contributed by atoms with Crippen LogP contribution in [0.1, 0.15) is 33.5 Å². The Labute approximate surface area is 102 Å². The first-order valence-corrected chi connectivity index (χ1v) is 6.04. The molecule has 0 aromatic heterocycles. The molecule has 1 atom stereocenters. The third-order valence-electron chi connectivity index (χ3n) is 3.17. The van der Waals surface area contributed by atoms with E-state index in [1.54, 1.807) is 0 Å². The number of carbonyl (C=O) groups is 1. The monoisotopic (exact) mass is 233 g/mol. The van der Waals surface area contributed by atoms with Gasteiger partial charge in [-0.15, -0.1) is 0 Å². The molecule has 1 aliphatic rings. The van der Waals surface area contributed by atoms with Crippen molar-refractivity contribution in [2.75, 3.05) is 13.2 Å². The summed E-state index contributed by atoms with van der Waals surface area (Å²) in [7, 11) is 0. The van der Waals surface area contributed by atoms with Crippen LogP contribution in [-0.2, 0) is 4.74 Å². The van der Waals surface area contributed by atoms with Gasteiger partial charge >= 0.3 is 0 Å². The third kappa shape index (κ3) is 2.67. The topological polar surface area (TPSA) is 38.3 Å². The Morgan fingerprint density at radius 2 is 1.94 bits per heavy atom. The van der Waals surface area contributed by atoms with Crippen LogP contribution in [0.3, 0.4) is 0 Å². The molecule has 1 amide bonds. The van der Waals surface area contributed by atoms with Gasteiger partial charge in [0.1, 0.15) is 0 Å². The number of hydrogen-bond acceptors (Lipinski definition) is 2. The van der Waals surface area contributed by atoms with Crippen LogP contribution in [0, 0.1) is 20.8 Å². The lowest BCUT2D eigenvalue weighted by Gasteiger charge is -2.14. The van der Waals surface area contributed by atoms with Gasteiger partial charge < -0.3 is 10.1 Å². The molecule has 1 aliphatic heterocycles. The average molecular weight is 233 g/mol. The molecule has 0 bridgehead atoms. The first-order valence-electron chi connectivity index (χ1n) is 6.04. The van der Waals surface area contributed by atoms with Crippen molar-refractivity contribution in [1.29, 1.82) is 0 Å². The lowest BCUT2D eigenvalue weighted by Crippen LogP contribution is -2.35. The van der Waals surface area contributed by atoms with Crippen LogP contribution in [0.2, 0.25) is 0 Å². The van der Waals surface area contributed by atoms with Crippen molar-refractivity contribution in [3.63, 3.8) is 0 Å². The summed E-state index contributed by atoms with van der Waals surface area (Å²) in [6.45, 7) is 7.40. The highest BCUT2D eigenvalue weighted by atomic mass is 16.5. The van der Waals surface area contributed by atoms with Crippen molar-refractivity contribution < 1.29 is 9.53 Å². The smallest absolute Gasteiger partial charge is 0.252 e. The normalized spacial score (nSPS) is 19.4. The summed E-state index contributed by atoms with van der Waals surface area (Å²) >= 11 is 0.